The molecule has 2 unspecified atom stereocenters. The molecule has 0 fully saturated rings. The number of aliphatic hydroxyl groups excluding tert-OH is 1. The van der Waals surface area contributed by atoms with Gasteiger partial charge in [-0.15, -0.1) is 0 Å². The molecule has 0 saturated heterocycles. The first kappa shape index (κ1) is 112. The molecule has 0 amide bonds. The molecule has 0 rings (SSSR count). The number of rotatable bonds is 95. The second kappa shape index (κ2) is 87.4. The SMILES string of the molecule is CCCCCCCCCCCCCCCCCCCCCCCCC(=O)O[C@H](COC(=O)CCCCCCCCCCCCCCCCCCCCC(C)C)COP(=O)(O)OC[C@@H](O)COP(=O)(O)OC[C@@H](COC(=O)CCCCCCCCCCCCCC)OC(=O)CCCCCCCCCCCCCCCCCCCCC. The van der Waals surface area contributed by atoms with E-state index < -0.39 is 97.5 Å². The van der Waals surface area contributed by atoms with Gasteiger partial charge in [0.2, 0.25) is 0 Å². The fraction of sp³-hybridized carbons (Fsp3) is 0.958. The smallest absolute Gasteiger partial charge is 0.462 e. The number of carbonyl (C=O) groups excluding carboxylic acids is 4. The Morgan fingerprint density at radius 3 is 0.596 bits per heavy atom. The summed E-state index contributed by atoms with van der Waals surface area (Å²) < 4.78 is 69.2. The zero-order chi connectivity index (χ0) is 83.3. The van der Waals surface area contributed by atoms with E-state index in [0.29, 0.717) is 25.7 Å². The second-order valence-corrected chi connectivity index (χ2v) is 37.5. The number of hydrogen-bond acceptors (Lipinski definition) is 15. The van der Waals surface area contributed by atoms with Crippen LogP contribution in [0.5, 0.6) is 0 Å². The standard InChI is InChI=1S/C95H186O17P2/c1-6-9-12-15-18-21-24-27-29-31-33-34-35-37-43-47-51-56-61-66-71-76-81-95(100)112-91(85-106-93(98)79-74-69-64-59-54-49-45-41-39-38-40-44-48-52-57-62-67-72-77-88(4)5)87-110-114(103,104)108-83-89(96)82-107-113(101,102)109-86-90(84-105-92(97)78-73-68-63-58-53-26-23-20-17-14-11-8-3)111-94(99)80-75-70-65-60-55-50-46-42-36-32-30-28-25-22-19-16-13-10-7-2/h88-91,96H,6-87H2,1-5H3,(H,101,102)(H,103,104)/t89-,90+,91+/m0/s1. The Labute approximate surface area is 702 Å². The molecule has 0 spiro atoms. The zero-order valence-electron chi connectivity index (χ0n) is 75.2. The van der Waals surface area contributed by atoms with Crippen LogP contribution >= 0.6 is 15.6 Å². The fourth-order valence-corrected chi connectivity index (χ4v) is 16.6. The third-order valence-corrected chi connectivity index (χ3v) is 24.4. The lowest BCUT2D eigenvalue weighted by molar-refractivity contribution is -0.161. The quantitative estimate of drug-likeness (QED) is 0.0222. The van der Waals surface area contributed by atoms with Gasteiger partial charge >= 0.3 is 39.5 Å². The van der Waals surface area contributed by atoms with Crippen LogP contribution in [0.25, 0.3) is 0 Å². The summed E-state index contributed by atoms with van der Waals surface area (Å²) in [5, 5.41) is 10.7. The Morgan fingerprint density at radius 2 is 0.404 bits per heavy atom. The number of phosphoric acid groups is 2. The van der Waals surface area contributed by atoms with Crippen LogP contribution < -0.4 is 0 Å². The van der Waals surface area contributed by atoms with Gasteiger partial charge in [0, 0.05) is 25.7 Å². The molecular weight excluding hydrogens is 1470 g/mol. The van der Waals surface area contributed by atoms with E-state index >= 15 is 0 Å². The average molecular weight is 1660 g/mol. The number of aliphatic hydroxyl groups is 1. The van der Waals surface area contributed by atoms with Gasteiger partial charge in [-0.05, 0) is 31.6 Å². The molecule has 0 radical (unpaired) electrons. The van der Waals surface area contributed by atoms with E-state index in [4.69, 9.17) is 37.0 Å². The van der Waals surface area contributed by atoms with Gasteiger partial charge in [-0.3, -0.25) is 37.3 Å². The van der Waals surface area contributed by atoms with Gasteiger partial charge < -0.3 is 33.8 Å². The van der Waals surface area contributed by atoms with Crippen molar-refractivity contribution in [2.75, 3.05) is 39.6 Å². The van der Waals surface area contributed by atoms with Crippen molar-refractivity contribution in [1.82, 2.24) is 0 Å². The molecule has 0 aliphatic heterocycles. The van der Waals surface area contributed by atoms with E-state index in [9.17, 15) is 43.2 Å². The molecule has 0 bridgehead atoms. The van der Waals surface area contributed by atoms with Crippen LogP contribution in [0.2, 0.25) is 0 Å². The number of esters is 4. The third kappa shape index (κ3) is 87.9. The predicted octanol–water partition coefficient (Wildman–Crippen LogP) is 29.9. The van der Waals surface area contributed by atoms with Crippen molar-refractivity contribution in [1.29, 1.82) is 0 Å². The maximum absolute atomic E-state index is 13.2. The molecule has 0 aromatic carbocycles. The van der Waals surface area contributed by atoms with Crippen molar-refractivity contribution in [3.05, 3.63) is 0 Å². The maximum atomic E-state index is 13.2. The summed E-state index contributed by atoms with van der Waals surface area (Å²) in [6, 6.07) is 0. The Kier molecular flexibility index (Phi) is 85.9. The highest BCUT2D eigenvalue weighted by Gasteiger charge is 2.31. The molecule has 0 aliphatic rings. The maximum Gasteiger partial charge on any atom is 0.472 e. The highest BCUT2D eigenvalue weighted by molar-refractivity contribution is 7.47. The first-order valence-corrected chi connectivity index (χ1v) is 52.1. The van der Waals surface area contributed by atoms with Crippen LogP contribution in [-0.2, 0) is 65.4 Å². The molecule has 17 nitrogen and oxygen atoms in total. The van der Waals surface area contributed by atoms with Crippen molar-refractivity contribution < 1.29 is 80.2 Å². The first-order chi connectivity index (χ1) is 55.5. The summed E-state index contributed by atoms with van der Waals surface area (Å²) in [6.07, 6.45) is 84.9. The van der Waals surface area contributed by atoms with E-state index in [0.717, 1.165) is 95.8 Å². The molecule has 114 heavy (non-hydrogen) atoms. The van der Waals surface area contributed by atoms with E-state index in [-0.39, 0.29) is 25.7 Å². The molecule has 678 valence electrons. The van der Waals surface area contributed by atoms with Crippen molar-refractivity contribution in [2.24, 2.45) is 5.92 Å². The molecule has 0 heterocycles. The lowest BCUT2D eigenvalue weighted by atomic mass is 10.0. The molecule has 19 heteroatoms. The van der Waals surface area contributed by atoms with Gasteiger partial charge in [-0.25, -0.2) is 9.13 Å². The van der Waals surface area contributed by atoms with Gasteiger partial charge in [0.25, 0.3) is 0 Å². The van der Waals surface area contributed by atoms with Crippen LogP contribution in [0.3, 0.4) is 0 Å². The largest absolute Gasteiger partial charge is 0.472 e. The van der Waals surface area contributed by atoms with Crippen LogP contribution in [0.1, 0.15) is 523 Å². The Hall–Kier alpha value is -1.94. The summed E-state index contributed by atoms with van der Waals surface area (Å²) >= 11 is 0. The lowest BCUT2D eigenvalue weighted by Crippen LogP contribution is -2.30. The highest BCUT2D eigenvalue weighted by atomic mass is 31.2. The Bertz CT molecular complexity index is 2150. The number of phosphoric ester groups is 2. The van der Waals surface area contributed by atoms with E-state index in [2.05, 4.69) is 34.6 Å². The molecule has 0 aliphatic carbocycles. The Balaban J connectivity index is 5.23. The first-order valence-electron chi connectivity index (χ1n) is 49.1. The minimum Gasteiger partial charge on any atom is -0.462 e. The van der Waals surface area contributed by atoms with E-state index in [1.54, 1.807) is 0 Å². The van der Waals surface area contributed by atoms with Gasteiger partial charge in [0.1, 0.15) is 19.3 Å². The average Bonchev–Trinajstić information content (AvgIpc) is 0.905. The number of hydrogen-bond donors (Lipinski definition) is 3. The summed E-state index contributed by atoms with van der Waals surface area (Å²) in [5.74, 6) is -1.26. The molecule has 0 saturated carbocycles. The van der Waals surface area contributed by atoms with Crippen LogP contribution in [-0.4, -0.2) is 96.7 Å². The normalized spacial score (nSPS) is 13.6. The molecule has 5 atom stereocenters. The lowest BCUT2D eigenvalue weighted by Gasteiger charge is -2.21. The highest BCUT2D eigenvalue weighted by Crippen LogP contribution is 2.45. The third-order valence-electron chi connectivity index (χ3n) is 22.5. The fourth-order valence-electron chi connectivity index (χ4n) is 15.1. The van der Waals surface area contributed by atoms with Crippen molar-refractivity contribution in [3.63, 3.8) is 0 Å². The zero-order valence-corrected chi connectivity index (χ0v) is 77.0. The summed E-state index contributed by atoms with van der Waals surface area (Å²) in [4.78, 5) is 73.6. The number of ether oxygens (including phenoxy) is 4. The van der Waals surface area contributed by atoms with Crippen molar-refractivity contribution in [3.8, 4) is 0 Å². The number of unbranched alkanes of at least 4 members (excludes halogenated alkanes) is 67. The summed E-state index contributed by atoms with van der Waals surface area (Å²) in [7, 11) is -9.94. The molecule has 3 N–H and O–H groups in total. The minimum absolute atomic E-state index is 0.110. The van der Waals surface area contributed by atoms with E-state index in [1.165, 1.54) is 347 Å². The summed E-state index contributed by atoms with van der Waals surface area (Å²) in [6.45, 7) is 7.46. The van der Waals surface area contributed by atoms with Gasteiger partial charge in [0.05, 0.1) is 26.4 Å². The molecule has 0 aromatic heterocycles. The molecular formula is C95H186O17P2. The van der Waals surface area contributed by atoms with Crippen LogP contribution in [0.4, 0.5) is 0 Å². The monoisotopic (exact) mass is 1660 g/mol. The van der Waals surface area contributed by atoms with Crippen LogP contribution in [0, 0.1) is 5.92 Å². The van der Waals surface area contributed by atoms with Crippen LogP contribution in [0.15, 0.2) is 0 Å². The van der Waals surface area contributed by atoms with E-state index in [1.807, 2.05) is 0 Å². The molecule has 0 aromatic rings. The van der Waals surface area contributed by atoms with Gasteiger partial charge in [-0.2, -0.15) is 0 Å². The topological polar surface area (TPSA) is 237 Å². The number of carbonyl (C=O) groups is 4. The Morgan fingerprint density at radius 1 is 0.237 bits per heavy atom. The minimum atomic E-state index is -4.97. The van der Waals surface area contributed by atoms with Gasteiger partial charge in [-0.1, -0.05) is 471 Å². The van der Waals surface area contributed by atoms with Crippen molar-refractivity contribution in [2.45, 2.75) is 541 Å². The summed E-state index contributed by atoms with van der Waals surface area (Å²) in [5.41, 5.74) is 0. The second-order valence-electron chi connectivity index (χ2n) is 34.6. The predicted molar refractivity (Wildman–Crippen MR) is 474 cm³/mol. The van der Waals surface area contributed by atoms with Gasteiger partial charge in [0.15, 0.2) is 12.2 Å². The van der Waals surface area contributed by atoms with Crippen molar-refractivity contribution >= 4 is 39.5 Å².